The van der Waals surface area contributed by atoms with Crippen LogP contribution in [0.4, 0.5) is 4.79 Å². The molecule has 11 heavy (non-hydrogen) atoms. The van der Waals surface area contributed by atoms with Gasteiger partial charge in [0.1, 0.15) is 6.33 Å². The molecule has 0 bridgehead atoms. The van der Waals surface area contributed by atoms with Crippen molar-refractivity contribution < 1.29 is 4.79 Å². The lowest BCUT2D eigenvalue weighted by molar-refractivity contribution is 0.243. The first-order chi connectivity index (χ1) is 5.34. The van der Waals surface area contributed by atoms with Crippen LogP contribution in [-0.4, -0.2) is 28.0 Å². The van der Waals surface area contributed by atoms with Gasteiger partial charge in [0.25, 0.3) is 0 Å². The monoisotopic (exact) mass is 173 g/mol. The maximum absolute atomic E-state index is 11.0. The highest BCUT2D eigenvalue weighted by atomic mass is 35.5. The zero-order valence-electron chi connectivity index (χ0n) is 5.83. The number of carbonyl (C=O) groups excluding carboxylic acids is 1. The molecule has 0 aromatic carbocycles. The first-order valence-electron chi connectivity index (χ1n) is 3.16. The minimum absolute atomic E-state index is 0.205. The van der Waals surface area contributed by atoms with Gasteiger partial charge in [0.2, 0.25) is 0 Å². The third-order valence-corrected chi connectivity index (χ3v) is 1.30. The van der Waals surface area contributed by atoms with Crippen LogP contribution >= 0.6 is 11.6 Å². The van der Waals surface area contributed by atoms with Gasteiger partial charge in [-0.3, -0.25) is 4.57 Å². The molecule has 1 aromatic heterocycles. The summed E-state index contributed by atoms with van der Waals surface area (Å²) in [5.41, 5.74) is 0. The summed E-state index contributed by atoms with van der Waals surface area (Å²) in [5, 5.41) is 2.59. The summed E-state index contributed by atoms with van der Waals surface area (Å²) >= 11 is 5.37. The van der Waals surface area contributed by atoms with Gasteiger partial charge in [0, 0.05) is 24.8 Å². The van der Waals surface area contributed by atoms with Gasteiger partial charge < -0.3 is 5.32 Å². The molecular weight excluding hydrogens is 166 g/mol. The van der Waals surface area contributed by atoms with Gasteiger partial charge in [-0.05, 0) is 0 Å². The van der Waals surface area contributed by atoms with Gasteiger partial charge in [-0.25, -0.2) is 9.78 Å². The third kappa shape index (κ3) is 2.23. The van der Waals surface area contributed by atoms with E-state index >= 15 is 0 Å². The molecule has 5 heteroatoms. The first kappa shape index (κ1) is 8.07. The quantitative estimate of drug-likeness (QED) is 0.669. The summed E-state index contributed by atoms with van der Waals surface area (Å²) in [7, 11) is 0. The molecule has 0 spiro atoms. The third-order valence-electron chi connectivity index (χ3n) is 1.11. The lowest BCUT2D eigenvalue weighted by Crippen LogP contribution is -2.29. The van der Waals surface area contributed by atoms with Crippen molar-refractivity contribution in [2.45, 2.75) is 0 Å². The highest BCUT2D eigenvalue weighted by Gasteiger charge is 1.99. The average Bonchev–Trinajstić information content (AvgIpc) is 2.52. The molecule has 1 amide bonds. The van der Waals surface area contributed by atoms with Crippen LogP contribution in [0.2, 0.25) is 0 Å². The summed E-state index contributed by atoms with van der Waals surface area (Å²) in [6, 6.07) is -0.205. The Labute approximate surface area is 69.2 Å². The molecule has 0 saturated heterocycles. The molecule has 0 aliphatic heterocycles. The largest absolute Gasteiger partial charge is 0.336 e. The van der Waals surface area contributed by atoms with Gasteiger partial charge in [0.15, 0.2) is 0 Å². The summed E-state index contributed by atoms with van der Waals surface area (Å²) < 4.78 is 1.35. The second kappa shape index (κ2) is 3.98. The molecule has 0 saturated carbocycles. The predicted octanol–water partition coefficient (Wildman–Crippen LogP) is 0.680. The van der Waals surface area contributed by atoms with E-state index < -0.39 is 0 Å². The number of amides is 1. The zero-order valence-corrected chi connectivity index (χ0v) is 6.58. The molecule has 0 unspecified atom stereocenters. The first-order valence-corrected chi connectivity index (χ1v) is 3.70. The molecule has 4 nitrogen and oxygen atoms in total. The molecule has 1 N–H and O–H groups in total. The number of imidazole rings is 1. The molecule has 1 rings (SSSR count). The average molecular weight is 174 g/mol. The smallest absolute Gasteiger partial charge is 0.326 e. The molecule has 1 aromatic rings. The molecule has 1 heterocycles. The highest BCUT2D eigenvalue weighted by Crippen LogP contribution is 1.83. The van der Waals surface area contributed by atoms with Crippen molar-refractivity contribution >= 4 is 17.6 Å². The second-order valence-corrected chi connectivity index (χ2v) is 2.27. The van der Waals surface area contributed by atoms with E-state index in [9.17, 15) is 4.79 Å². The van der Waals surface area contributed by atoms with Crippen molar-refractivity contribution in [1.29, 1.82) is 0 Å². The van der Waals surface area contributed by atoms with Crippen LogP contribution in [0.3, 0.4) is 0 Å². The van der Waals surface area contributed by atoms with Crippen molar-refractivity contribution in [3.63, 3.8) is 0 Å². The van der Waals surface area contributed by atoms with Crippen LogP contribution in [0.1, 0.15) is 0 Å². The van der Waals surface area contributed by atoms with Gasteiger partial charge in [-0.1, -0.05) is 0 Å². The Kier molecular flexibility index (Phi) is 2.92. The SMILES string of the molecule is O=C(NCCCl)n1ccnc1. The van der Waals surface area contributed by atoms with Crippen LogP contribution in [0.25, 0.3) is 0 Å². The summed E-state index contributed by atoms with van der Waals surface area (Å²) in [6.45, 7) is 0.471. The number of alkyl halides is 1. The van der Waals surface area contributed by atoms with Gasteiger partial charge in [-0.2, -0.15) is 0 Å². The summed E-state index contributed by atoms with van der Waals surface area (Å²) in [6.07, 6.45) is 4.55. The van der Waals surface area contributed by atoms with Crippen molar-refractivity contribution in [2.24, 2.45) is 0 Å². The Morgan fingerprint density at radius 1 is 1.73 bits per heavy atom. The Hall–Kier alpha value is -1.03. The normalized spacial score (nSPS) is 9.55. The number of nitrogens with zero attached hydrogens (tertiary/aromatic N) is 2. The van der Waals surface area contributed by atoms with Crippen molar-refractivity contribution in [2.75, 3.05) is 12.4 Å². The molecular formula is C6H8ClN3O. The van der Waals surface area contributed by atoms with Crippen LogP contribution < -0.4 is 5.32 Å². The standard InChI is InChI=1S/C6H8ClN3O/c7-1-2-9-6(11)10-4-3-8-5-10/h3-5H,1-2H2,(H,9,11). The fourth-order valence-corrected chi connectivity index (χ4v) is 0.719. The topological polar surface area (TPSA) is 46.9 Å². The van der Waals surface area contributed by atoms with E-state index in [0.29, 0.717) is 12.4 Å². The Morgan fingerprint density at radius 2 is 2.55 bits per heavy atom. The van der Waals surface area contributed by atoms with E-state index in [1.807, 2.05) is 0 Å². The van der Waals surface area contributed by atoms with Crippen LogP contribution in [0, 0.1) is 0 Å². The fraction of sp³-hybridized carbons (Fsp3) is 0.333. The molecule has 0 aliphatic rings. The van der Waals surface area contributed by atoms with E-state index in [2.05, 4.69) is 10.3 Å². The highest BCUT2D eigenvalue weighted by molar-refractivity contribution is 6.18. The molecule has 60 valence electrons. The van der Waals surface area contributed by atoms with E-state index in [1.54, 1.807) is 12.4 Å². The maximum Gasteiger partial charge on any atom is 0.326 e. The van der Waals surface area contributed by atoms with E-state index in [0.717, 1.165) is 0 Å². The molecule has 0 aliphatic carbocycles. The van der Waals surface area contributed by atoms with Gasteiger partial charge >= 0.3 is 6.03 Å². The summed E-state index contributed by atoms with van der Waals surface area (Å²) in [5.74, 6) is 0.417. The van der Waals surface area contributed by atoms with Crippen LogP contribution in [0.5, 0.6) is 0 Å². The van der Waals surface area contributed by atoms with Gasteiger partial charge in [-0.15, -0.1) is 11.6 Å². The number of halogens is 1. The number of hydrogen-bond acceptors (Lipinski definition) is 2. The van der Waals surface area contributed by atoms with Crippen molar-refractivity contribution in [3.05, 3.63) is 18.7 Å². The van der Waals surface area contributed by atoms with Gasteiger partial charge in [0.05, 0.1) is 0 Å². The van der Waals surface area contributed by atoms with E-state index in [1.165, 1.54) is 10.9 Å². The van der Waals surface area contributed by atoms with E-state index in [4.69, 9.17) is 11.6 Å². The Morgan fingerprint density at radius 3 is 3.09 bits per heavy atom. The number of rotatable bonds is 2. The minimum atomic E-state index is -0.205. The zero-order chi connectivity index (χ0) is 8.10. The number of nitrogens with one attached hydrogen (secondary N) is 1. The Balaban J connectivity index is 2.43. The van der Waals surface area contributed by atoms with Crippen LogP contribution in [-0.2, 0) is 0 Å². The molecule has 0 atom stereocenters. The lowest BCUT2D eigenvalue weighted by atomic mass is 10.7. The van der Waals surface area contributed by atoms with E-state index in [-0.39, 0.29) is 6.03 Å². The molecule has 0 radical (unpaired) electrons. The predicted molar refractivity (Wildman–Crippen MR) is 41.7 cm³/mol. The number of carbonyl (C=O) groups is 1. The minimum Gasteiger partial charge on any atom is -0.336 e. The van der Waals surface area contributed by atoms with Crippen molar-refractivity contribution in [1.82, 2.24) is 14.9 Å². The van der Waals surface area contributed by atoms with Crippen LogP contribution in [0.15, 0.2) is 18.7 Å². The Bertz CT molecular complexity index is 222. The van der Waals surface area contributed by atoms with Crippen molar-refractivity contribution in [3.8, 4) is 0 Å². The maximum atomic E-state index is 11.0. The summed E-state index contributed by atoms with van der Waals surface area (Å²) in [4.78, 5) is 14.7. The lowest BCUT2D eigenvalue weighted by Gasteiger charge is -2.00. The molecule has 0 fully saturated rings. The number of aromatic nitrogens is 2. The second-order valence-electron chi connectivity index (χ2n) is 1.89. The number of hydrogen-bond donors (Lipinski definition) is 1. The fourth-order valence-electron chi connectivity index (χ4n) is 0.625.